The molecule has 0 aromatic heterocycles. The molecule has 0 heterocycles. The number of nitrogens with two attached hydrogens (primary N) is 1. The Labute approximate surface area is 96.8 Å². The lowest BCUT2D eigenvalue weighted by atomic mass is 10.1. The smallest absolute Gasteiger partial charge is 0.507 e. The first-order valence-corrected chi connectivity index (χ1v) is 4.41. The molecule has 1 rings (SSSR count). The number of rotatable bonds is 2. The second kappa shape index (κ2) is 4.56. The molecular formula is C9H7F6NO2. The molecule has 1 aromatic rings. The Balaban J connectivity index is 3.00. The Morgan fingerprint density at radius 2 is 1.67 bits per heavy atom. The molecule has 0 saturated carbocycles. The van der Waals surface area contributed by atoms with Gasteiger partial charge in [-0.15, -0.1) is 13.2 Å². The van der Waals surface area contributed by atoms with Crippen molar-refractivity contribution in [1.82, 2.24) is 0 Å². The molecule has 1 atom stereocenters. The summed E-state index contributed by atoms with van der Waals surface area (Å²) in [6, 6.07) is -0.825. The highest BCUT2D eigenvalue weighted by Gasteiger charge is 2.39. The summed E-state index contributed by atoms with van der Waals surface area (Å²) in [6.07, 6.45) is -9.82. The summed E-state index contributed by atoms with van der Waals surface area (Å²) in [7, 11) is 0. The van der Waals surface area contributed by atoms with Crippen molar-refractivity contribution in [3.8, 4) is 11.5 Å². The fourth-order valence-corrected chi connectivity index (χ4v) is 1.16. The average Bonchev–Trinajstić information content (AvgIpc) is 2.12. The van der Waals surface area contributed by atoms with Gasteiger partial charge in [0.2, 0.25) is 0 Å². The van der Waals surface area contributed by atoms with Gasteiger partial charge in [-0.1, -0.05) is 0 Å². The van der Waals surface area contributed by atoms with Crippen LogP contribution in [-0.4, -0.2) is 17.6 Å². The number of ether oxygens (including phenoxy) is 1. The zero-order valence-corrected chi connectivity index (χ0v) is 8.51. The van der Waals surface area contributed by atoms with Crippen molar-refractivity contribution < 1.29 is 36.2 Å². The van der Waals surface area contributed by atoms with Crippen LogP contribution in [0.25, 0.3) is 0 Å². The third-order valence-corrected chi connectivity index (χ3v) is 1.92. The van der Waals surface area contributed by atoms with Gasteiger partial charge in [-0.05, 0) is 12.1 Å². The number of hydrogen-bond acceptors (Lipinski definition) is 3. The molecule has 0 unspecified atom stereocenters. The molecule has 0 radical (unpaired) electrons. The van der Waals surface area contributed by atoms with E-state index in [1.165, 1.54) is 0 Å². The lowest BCUT2D eigenvalue weighted by Crippen LogP contribution is -2.28. The molecule has 0 fully saturated rings. The van der Waals surface area contributed by atoms with Gasteiger partial charge in [0.15, 0.2) is 0 Å². The largest absolute Gasteiger partial charge is 0.573 e. The normalized spacial score (nSPS) is 14.4. The number of aromatic hydroxyl groups is 1. The molecule has 3 N–H and O–H groups in total. The Morgan fingerprint density at radius 3 is 2.06 bits per heavy atom. The number of halogens is 6. The molecule has 0 aliphatic heterocycles. The Hall–Kier alpha value is -1.64. The van der Waals surface area contributed by atoms with Crippen molar-refractivity contribution in [3.05, 3.63) is 23.8 Å². The van der Waals surface area contributed by atoms with Gasteiger partial charge in [-0.3, -0.25) is 0 Å². The Morgan fingerprint density at radius 1 is 1.11 bits per heavy atom. The van der Waals surface area contributed by atoms with Crippen LogP contribution in [0.4, 0.5) is 26.3 Å². The van der Waals surface area contributed by atoms with Crippen LogP contribution >= 0.6 is 0 Å². The second-order valence-corrected chi connectivity index (χ2v) is 3.29. The maximum Gasteiger partial charge on any atom is 0.573 e. The van der Waals surface area contributed by atoms with Crippen LogP contribution in [0.15, 0.2) is 18.2 Å². The molecule has 0 bridgehead atoms. The third-order valence-electron chi connectivity index (χ3n) is 1.92. The fourth-order valence-electron chi connectivity index (χ4n) is 1.16. The molecule has 1 aromatic carbocycles. The summed E-state index contributed by atoms with van der Waals surface area (Å²) in [4.78, 5) is 0. The second-order valence-electron chi connectivity index (χ2n) is 3.29. The van der Waals surface area contributed by atoms with E-state index < -0.39 is 35.6 Å². The van der Waals surface area contributed by atoms with E-state index in [1.54, 1.807) is 0 Å². The van der Waals surface area contributed by atoms with Crippen LogP contribution < -0.4 is 10.5 Å². The molecule has 0 aliphatic carbocycles. The van der Waals surface area contributed by atoms with Gasteiger partial charge in [0, 0.05) is 11.6 Å². The monoisotopic (exact) mass is 275 g/mol. The number of alkyl halides is 6. The minimum atomic E-state index is -5.00. The standard InChI is InChI=1S/C9H7F6NO2/c10-8(11,12)7(16)5-2-1-4(3-6(5)17)18-9(13,14)15/h1-3,7,17H,16H2/t7-/m0/s1. The maximum absolute atomic E-state index is 12.2. The topological polar surface area (TPSA) is 55.5 Å². The minimum Gasteiger partial charge on any atom is -0.507 e. The summed E-state index contributed by atoms with van der Waals surface area (Å²) in [5.74, 6) is -1.86. The molecule has 102 valence electrons. The van der Waals surface area contributed by atoms with Crippen molar-refractivity contribution in [2.24, 2.45) is 5.73 Å². The van der Waals surface area contributed by atoms with Gasteiger partial charge in [0.25, 0.3) is 0 Å². The lowest BCUT2D eigenvalue weighted by molar-refractivity contribution is -0.274. The molecule has 3 nitrogen and oxygen atoms in total. The highest BCUT2D eigenvalue weighted by atomic mass is 19.4. The predicted octanol–water partition coefficient (Wildman–Crippen LogP) is 2.85. The first-order valence-electron chi connectivity index (χ1n) is 4.41. The number of hydrogen-bond donors (Lipinski definition) is 2. The van der Waals surface area contributed by atoms with Crippen LogP contribution in [0.5, 0.6) is 11.5 Å². The van der Waals surface area contributed by atoms with Crippen LogP contribution in [-0.2, 0) is 0 Å². The zero-order valence-electron chi connectivity index (χ0n) is 8.51. The zero-order chi connectivity index (χ0) is 14.1. The SMILES string of the molecule is N[C@@H](c1ccc(OC(F)(F)F)cc1O)C(F)(F)F. The van der Waals surface area contributed by atoms with E-state index >= 15 is 0 Å². The van der Waals surface area contributed by atoms with Crippen LogP contribution in [0.2, 0.25) is 0 Å². The first kappa shape index (κ1) is 14.4. The van der Waals surface area contributed by atoms with Crippen molar-refractivity contribution in [2.45, 2.75) is 18.6 Å². The van der Waals surface area contributed by atoms with Gasteiger partial charge in [-0.25, -0.2) is 0 Å². The van der Waals surface area contributed by atoms with Crippen molar-refractivity contribution in [3.63, 3.8) is 0 Å². The van der Waals surface area contributed by atoms with Gasteiger partial charge in [-0.2, -0.15) is 13.2 Å². The molecule has 0 saturated heterocycles. The Kier molecular flexibility index (Phi) is 3.65. The summed E-state index contributed by atoms with van der Waals surface area (Å²) >= 11 is 0. The minimum absolute atomic E-state index is 0.411. The van der Waals surface area contributed by atoms with Crippen LogP contribution in [0.1, 0.15) is 11.6 Å². The molecule has 9 heteroatoms. The van der Waals surface area contributed by atoms with Crippen molar-refractivity contribution in [2.75, 3.05) is 0 Å². The average molecular weight is 275 g/mol. The molecular weight excluding hydrogens is 268 g/mol. The van der Waals surface area contributed by atoms with Crippen LogP contribution in [0, 0.1) is 0 Å². The summed E-state index contributed by atoms with van der Waals surface area (Å²) in [6.45, 7) is 0. The van der Waals surface area contributed by atoms with Gasteiger partial charge in [0.1, 0.15) is 17.5 Å². The summed E-state index contributed by atoms with van der Waals surface area (Å²) in [5.41, 5.74) is 4.06. The van der Waals surface area contributed by atoms with E-state index in [0.717, 1.165) is 0 Å². The quantitative estimate of drug-likeness (QED) is 0.816. The molecule has 0 amide bonds. The van der Waals surface area contributed by atoms with Gasteiger partial charge >= 0.3 is 12.5 Å². The summed E-state index contributed by atoms with van der Waals surface area (Å²) < 4.78 is 75.6. The highest BCUT2D eigenvalue weighted by Crippen LogP contribution is 2.37. The maximum atomic E-state index is 12.2. The van der Waals surface area contributed by atoms with Crippen molar-refractivity contribution >= 4 is 0 Å². The van der Waals surface area contributed by atoms with E-state index in [4.69, 9.17) is 5.73 Å². The van der Waals surface area contributed by atoms with E-state index in [1.807, 2.05) is 0 Å². The van der Waals surface area contributed by atoms with Gasteiger partial charge < -0.3 is 15.6 Å². The van der Waals surface area contributed by atoms with Crippen LogP contribution in [0.3, 0.4) is 0 Å². The Bertz CT molecular complexity index is 428. The summed E-state index contributed by atoms with van der Waals surface area (Å²) in [5, 5.41) is 9.19. The number of phenolic OH excluding ortho intramolecular Hbond substituents is 1. The predicted molar refractivity (Wildman–Crippen MR) is 47.8 cm³/mol. The van der Waals surface area contributed by atoms with E-state index in [2.05, 4.69) is 4.74 Å². The highest BCUT2D eigenvalue weighted by molar-refractivity contribution is 5.42. The lowest BCUT2D eigenvalue weighted by Gasteiger charge is -2.17. The van der Waals surface area contributed by atoms with E-state index in [9.17, 15) is 31.4 Å². The molecule has 0 aliphatic rings. The number of phenols is 1. The van der Waals surface area contributed by atoms with E-state index in [0.29, 0.717) is 18.2 Å². The van der Waals surface area contributed by atoms with Crippen molar-refractivity contribution in [1.29, 1.82) is 0 Å². The molecule has 18 heavy (non-hydrogen) atoms. The number of benzene rings is 1. The first-order chi connectivity index (χ1) is 8.00. The van der Waals surface area contributed by atoms with Gasteiger partial charge in [0.05, 0.1) is 0 Å². The fraction of sp³-hybridized carbons (Fsp3) is 0.333. The van der Waals surface area contributed by atoms with E-state index in [-0.39, 0.29) is 0 Å². The molecule has 0 spiro atoms. The third kappa shape index (κ3) is 3.69.